The number of nitrogens with one attached hydrogen (secondary N) is 1. The summed E-state index contributed by atoms with van der Waals surface area (Å²) in [4.78, 5) is 21.3. The minimum atomic E-state index is -0.134. The summed E-state index contributed by atoms with van der Waals surface area (Å²) in [6.45, 7) is 2.90. The molecule has 2 heterocycles. The molecule has 0 saturated heterocycles. The molecule has 0 aliphatic heterocycles. The van der Waals surface area contributed by atoms with E-state index in [-0.39, 0.29) is 11.7 Å². The zero-order valence-electron chi connectivity index (χ0n) is 14.3. The Balaban J connectivity index is 1.47. The summed E-state index contributed by atoms with van der Waals surface area (Å²) in [6, 6.07) is 15.4. The van der Waals surface area contributed by atoms with Crippen LogP contribution in [0, 0.1) is 0 Å². The zero-order valence-corrected chi connectivity index (χ0v) is 15.1. The van der Waals surface area contributed by atoms with Crippen LogP contribution in [-0.4, -0.2) is 26.2 Å². The lowest BCUT2D eigenvalue weighted by Gasteiger charge is -2.08. The first-order chi connectivity index (χ1) is 12.7. The number of amides is 1. The first kappa shape index (κ1) is 16.7. The largest absolute Gasteiger partial charge is 0.431 e. The molecule has 132 valence electrons. The number of carbonyl (C=O) groups is 1. The van der Waals surface area contributed by atoms with Crippen LogP contribution in [0.4, 0.5) is 5.95 Å². The second-order valence-corrected chi connectivity index (χ2v) is 6.79. The summed E-state index contributed by atoms with van der Waals surface area (Å²) in [5, 5.41) is 3.40. The van der Waals surface area contributed by atoms with Gasteiger partial charge in [0.1, 0.15) is 5.52 Å². The minimum Gasteiger partial charge on any atom is -0.431 e. The van der Waals surface area contributed by atoms with Crippen molar-refractivity contribution in [2.24, 2.45) is 0 Å². The van der Waals surface area contributed by atoms with Gasteiger partial charge in [-0.15, -0.1) is 0 Å². The highest BCUT2D eigenvalue weighted by Crippen LogP contribution is 2.24. The third-order valence-electron chi connectivity index (χ3n) is 3.95. The van der Waals surface area contributed by atoms with Crippen LogP contribution in [0.25, 0.3) is 22.1 Å². The van der Waals surface area contributed by atoms with Crippen LogP contribution < -0.4 is 5.32 Å². The molecule has 7 heteroatoms. The normalized spacial score (nSPS) is 11.3. The summed E-state index contributed by atoms with van der Waals surface area (Å²) in [7, 11) is 0. The maximum atomic E-state index is 12.4. The van der Waals surface area contributed by atoms with Gasteiger partial charge in [0, 0.05) is 6.54 Å². The number of aryl methyl sites for hydroxylation is 1. The lowest BCUT2D eigenvalue weighted by atomic mass is 10.3. The molecule has 0 fully saturated rings. The standard InChI is InChI=1S/C19H18N4O2S/c1-2-11-23-15-9-5-3-7-13(15)20-18(23)22-17(24)12-26-19-21-14-8-4-6-10-16(14)25-19/h3-10H,2,11-12H2,1H3,(H,20,22,24). The summed E-state index contributed by atoms with van der Waals surface area (Å²) < 4.78 is 7.67. The van der Waals surface area contributed by atoms with Crippen LogP contribution in [0.2, 0.25) is 0 Å². The smallest absolute Gasteiger partial charge is 0.257 e. The molecule has 4 rings (SSSR count). The Labute approximate surface area is 154 Å². The number of aromatic nitrogens is 3. The highest BCUT2D eigenvalue weighted by Gasteiger charge is 2.14. The minimum absolute atomic E-state index is 0.134. The molecule has 6 nitrogen and oxygen atoms in total. The van der Waals surface area contributed by atoms with Gasteiger partial charge in [-0.3, -0.25) is 10.1 Å². The molecule has 0 unspecified atom stereocenters. The second-order valence-electron chi connectivity index (χ2n) is 5.86. The van der Waals surface area contributed by atoms with Gasteiger partial charge in [-0.2, -0.15) is 0 Å². The van der Waals surface area contributed by atoms with Crippen molar-refractivity contribution in [3.05, 3.63) is 48.5 Å². The Hall–Kier alpha value is -2.80. The molecule has 1 amide bonds. The summed E-state index contributed by atoms with van der Waals surface area (Å²) in [6.07, 6.45) is 0.959. The number of nitrogens with zero attached hydrogens (tertiary/aromatic N) is 3. The Kier molecular flexibility index (Phi) is 4.62. The van der Waals surface area contributed by atoms with Gasteiger partial charge in [-0.1, -0.05) is 43.0 Å². The van der Waals surface area contributed by atoms with Gasteiger partial charge in [-0.05, 0) is 30.7 Å². The molecular formula is C19H18N4O2S. The highest BCUT2D eigenvalue weighted by atomic mass is 32.2. The average molecular weight is 366 g/mol. The van der Waals surface area contributed by atoms with Crippen LogP contribution in [0.15, 0.2) is 58.2 Å². The third kappa shape index (κ3) is 3.30. The van der Waals surface area contributed by atoms with E-state index in [1.165, 1.54) is 11.8 Å². The van der Waals surface area contributed by atoms with Crippen LogP contribution in [0.1, 0.15) is 13.3 Å². The number of benzene rings is 2. The number of carbonyl (C=O) groups excluding carboxylic acids is 1. The van der Waals surface area contributed by atoms with E-state index in [1.807, 2.05) is 53.1 Å². The van der Waals surface area contributed by atoms with Gasteiger partial charge in [0.25, 0.3) is 5.22 Å². The molecule has 0 bridgehead atoms. The molecule has 2 aromatic heterocycles. The first-order valence-corrected chi connectivity index (χ1v) is 9.46. The monoisotopic (exact) mass is 366 g/mol. The SMILES string of the molecule is CCCn1c(NC(=O)CSc2nc3ccccc3o2)nc2ccccc21. The third-order valence-corrected chi connectivity index (χ3v) is 4.78. The van der Waals surface area contributed by atoms with E-state index in [2.05, 4.69) is 22.2 Å². The lowest BCUT2D eigenvalue weighted by Crippen LogP contribution is -2.17. The molecular weight excluding hydrogens is 348 g/mol. The number of imidazole rings is 1. The number of para-hydroxylation sites is 4. The van der Waals surface area contributed by atoms with Crippen LogP contribution in [0.3, 0.4) is 0 Å². The van der Waals surface area contributed by atoms with Crippen molar-refractivity contribution in [2.75, 3.05) is 11.1 Å². The molecule has 1 N–H and O–H groups in total. The second kappa shape index (κ2) is 7.21. The van der Waals surface area contributed by atoms with Crippen molar-refractivity contribution >= 4 is 45.8 Å². The van der Waals surface area contributed by atoms with Gasteiger partial charge in [-0.25, -0.2) is 9.97 Å². The molecule has 0 atom stereocenters. The molecule has 0 aliphatic carbocycles. The molecule has 0 saturated carbocycles. The number of fused-ring (bicyclic) bond motifs is 2. The van der Waals surface area contributed by atoms with E-state index >= 15 is 0 Å². The fourth-order valence-corrected chi connectivity index (χ4v) is 3.46. The number of hydrogen-bond donors (Lipinski definition) is 1. The Bertz CT molecular complexity index is 1040. The molecule has 2 aromatic carbocycles. The number of hydrogen-bond acceptors (Lipinski definition) is 5. The Morgan fingerprint density at radius 3 is 2.69 bits per heavy atom. The molecule has 26 heavy (non-hydrogen) atoms. The fraction of sp³-hybridized carbons (Fsp3) is 0.211. The van der Waals surface area contributed by atoms with E-state index in [0.717, 1.165) is 35.1 Å². The van der Waals surface area contributed by atoms with E-state index in [0.29, 0.717) is 11.2 Å². The van der Waals surface area contributed by atoms with Gasteiger partial charge >= 0.3 is 0 Å². The number of anilines is 1. The molecule has 0 aliphatic rings. The zero-order chi connectivity index (χ0) is 17.9. The van der Waals surface area contributed by atoms with Crippen molar-refractivity contribution in [2.45, 2.75) is 25.1 Å². The predicted octanol–water partition coefficient (Wildman–Crippen LogP) is 4.32. The van der Waals surface area contributed by atoms with Crippen molar-refractivity contribution in [3.8, 4) is 0 Å². The van der Waals surface area contributed by atoms with E-state index in [4.69, 9.17) is 4.42 Å². The van der Waals surface area contributed by atoms with E-state index in [1.54, 1.807) is 0 Å². The summed E-state index contributed by atoms with van der Waals surface area (Å²) in [5.41, 5.74) is 3.42. The van der Waals surface area contributed by atoms with Crippen molar-refractivity contribution in [1.82, 2.24) is 14.5 Å². The lowest BCUT2D eigenvalue weighted by molar-refractivity contribution is -0.113. The quantitative estimate of drug-likeness (QED) is 0.515. The first-order valence-electron chi connectivity index (χ1n) is 8.48. The van der Waals surface area contributed by atoms with Crippen LogP contribution >= 0.6 is 11.8 Å². The molecule has 0 spiro atoms. The maximum absolute atomic E-state index is 12.4. The number of oxazole rings is 1. The number of rotatable bonds is 6. The Morgan fingerprint density at radius 2 is 1.88 bits per heavy atom. The van der Waals surface area contributed by atoms with Crippen LogP contribution in [-0.2, 0) is 11.3 Å². The van der Waals surface area contributed by atoms with E-state index < -0.39 is 0 Å². The average Bonchev–Trinajstić information content (AvgIpc) is 3.22. The van der Waals surface area contributed by atoms with Crippen molar-refractivity contribution < 1.29 is 9.21 Å². The van der Waals surface area contributed by atoms with Crippen molar-refractivity contribution in [1.29, 1.82) is 0 Å². The van der Waals surface area contributed by atoms with E-state index in [9.17, 15) is 4.79 Å². The molecule has 0 radical (unpaired) electrons. The Morgan fingerprint density at radius 1 is 1.12 bits per heavy atom. The highest BCUT2D eigenvalue weighted by molar-refractivity contribution is 7.99. The van der Waals surface area contributed by atoms with Gasteiger partial charge in [0.05, 0.1) is 16.8 Å². The molecule has 4 aromatic rings. The van der Waals surface area contributed by atoms with Crippen LogP contribution in [0.5, 0.6) is 0 Å². The number of thioether (sulfide) groups is 1. The van der Waals surface area contributed by atoms with Crippen molar-refractivity contribution in [3.63, 3.8) is 0 Å². The van der Waals surface area contributed by atoms with Gasteiger partial charge in [0.15, 0.2) is 5.58 Å². The topological polar surface area (TPSA) is 73.0 Å². The maximum Gasteiger partial charge on any atom is 0.257 e. The summed E-state index contributed by atoms with van der Waals surface area (Å²) in [5.74, 6) is 0.656. The summed E-state index contributed by atoms with van der Waals surface area (Å²) >= 11 is 1.27. The van der Waals surface area contributed by atoms with Gasteiger partial charge < -0.3 is 8.98 Å². The van der Waals surface area contributed by atoms with Gasteiger partial charge in [0.2, 0.25) is 11.9 Å². The fourth-order valence-electron chi connectivity index (χ4n) is 2.82. The predicted molar refractivity (Wildman–Crippen MR) is 103 cm³/mol.